The van der Waals surface area contributed by atoms with E-state index in [4.69, 9.17) is 0 Å². The van der Waals surface area contributed by atoms with Crippen LogP contribution in [0.15, 0.2) is 48.8 Å². The predicted molar refractivity (Wildman–Crippen MR) is 122 cm³/mol. The molecule has 0 aliphatic carbocycles. The Morgan fingerprint density at radius 1 is 1.06 bits per heavy atom. The molecule has 2 aromatic rings. The third-order valence-corrected chi connectivity index (χ3v) is 6.08. The number of nitrogens with zero attached hydrogens (tertiary/aromatic N) is 3. The summed E-state index contributed by atoms with van der Waals surface area (Å²) < 4.78 is 0. The van der Waals surface area contributed by atoms with Crippen LogP contribution in [0.3, 0.4) is 0 Å². The molecule has 1 atom stereocenters. The molecule has 1 unspecified atom stereocenters. The fourth-order valence-electron chi connectivity index (χ4n) is 4.37. The first kappa shape index (κ1) is 21.1. The molecule has 0 radical (unpaired) electrons. The van der Waals surface area contributed by atoms with Gasteiger partial charge in [-0.1, -0.05) is 43.2 Å². The molecule has 2 amide bonds. The van der Waals surface area contributed by atoms with Crippen LogP contribution in [0.1, 0.15) is 61.8 Å². The van der Waals surface area contributed by atoms with Crippen LogP contribution in [0.4, 0.5) is 5.82 Å². The minimum absolute atomic E-state index is 0.0724. The minimum atomic E-state index is -0.290. The Hall–Kier alpha value is -3.15. The number of nitrogens with one attached hydrogen (secondary N) is 1. The van der Waals surface area contributed by atoms with Crippen molar-refractivity contribution in [1.29, 1.82) is 0 Å². The lowest BCUT2D eigenvalue weighted by molar-refractivity contribution is -0.130. The number of aromatic nitrogens is 1. The largest absolute Gasteiger partial charge is 0.357 e. The van der Waals surface area contributed by atoms with Gasteiger partial charge in [-0.3, -0.25) is 9.59 Å². The number of fused-ring (bicyclic) bond motifs is 1. The van der Waals surface area contributed by atoms with E-state index in [-0.39, 0.29) is 24.3 Å². The van der Waals surface area contributed by atoms with Crippen molar-refractivity contribution >= 4 is 23.7 Å². The van der Waals surface area contributed by atoms with E-state index in [2.05, 4.69) is 15.2 Å². The maximum Gasteiger partial charge on any atom is 0.223 e. The SMILES string of the molecule is CC(=O)N1C=Cc2ccccc2C1CC(=O)NCc1ccc(N2CCCCCC2)nc1. The second-order valence-electron chi connectivity index (χ2n) is 8.29. The minimum Gasteiger partial charge on any atom is -0.357 e. The first-order chi connectivity index (χ1) is 15.1. The highest BCUT2D eigenvalue weighted by atomic mass is 16.2. The van der Waals surface area contributed by atoms with Gasteiger partial charge in [0, 0.05) is 39.0 Å². The van der Waals surface area contributed by atoms with E-state index in [1.807, 2.05) is 48.7 Å². The summed E-state index contributed by atoms with van der Waals surface area (Å²) in [7, 11) is 0. The van der Waals surface area contributed by atoms with Crippen LogP contribution in [0.5, 0.6) is 0 Å². The van der Waals surface area contributed by atoms with E-state index in [0.29, 0.717) is 6.54 Å². The van der Waals surface area contributed by atoms with Gasteiger partial charge in [0.2, 0.25) is 11.8 Å². The van der Waals surface area contributed by atoms with Crippen LogP contribution < -0.4 is 10.2 Å². The molecule has 0 bridgehead atoms. The standard InChI is InChI=1S/C25H30N4O2/c1-19(30)29-15-12-21-8-4-5-9-22(21)23(29)16-25(31)27-18-20-10-11-24(26-17-20)28-13-6-2-3-7-14-28/h4-5,8-12,15,17,23H,2-3,6-7,13-14,16,18H2,1H3,(H,27,31). The van der Waals surface area contributed by atoms with Gasteiger partial charge in [0.1, 0.15) is 5.82 Å². The van der Waals surface area contributed by atoms with Crippen molar-refractivity contribution < 1.29 is 9.59 Å². The van der Waals surface area contributed by atoms with Gasteiger partial charge in [-0.05, 0) is 41.7 Å². The maximum absolute atomic E-state index is 12.7. The van der Waals surface area contributed by atoms with Crippen molar-refractivity contribution in [2.24, 2.45) is 0 Å². The fraction of sp³-hybridized carbons (Fsp3) is 0.400. The number of hydrogen-bond acceptors (Lipinski definition) is 4. The Morgan fingerprint density at radius 2 is 1.84 bits per heavy atom. The quantitative estimate of drug-likeness (QED) is 0.796. The molecular weight excluding hydrogens is 388 g/mol. The number of carbonyl (C=O) groups is 2. The summed E-state index contributed by atoms with van der Waals surface area (Å²) in [5.41, 5.74) is 3.02. The Balaban J connectivity index is 1.36. The van der Waals surface area contributed by atoms with E-state index in [1.54, 1.807) is 11.1 Å². The van der Waals surface area contributed by atoms with Gasteiger partial charge < -0.3 is 15.1 Å². The summed E-state index contributed by atoms with van der Waals surface area (Å²) in [6.07, 6.45) is 10.8. The third-order valence-electron chi connectivity index (χ3n) is 6.08. The molecule has 0 spiro atoms. The molecule has 31 heavy (non-hydrogen) atoms. The van der Waals surface area contributed by atoms with Crippen LogP contribution in [0, 0.1) is 0 Å². The van der Waals surface area contributed by atoms with Crippen LogP contribution in [-0.2, 0) is 16.1 Å². The summed E-state index contributed by atoms with van der Waals surface area (Å²) in [6, 6.07) is 11.7. The van der Waals surface area contributed by atoms with E-state index in [0.717, 1.165) is 35.6 Å². The number of anilines is 1. The highest BCUT2D eigenvalue weighted by Crippen LogP contribution is 2.32. The lowest BCUT2D eigenvalue weighted by Gasteiger charge is -2.32. The van der Waals surface area contributed by atoms with Gasteiger partial charge in [-0.2, -0.15) is 0 Å². The third kappa shape index (κ3) is 5.13. The molecule has 3 heterocycles. The summed E-state index contributed by atoms with van der Waals surface area (Å²) in [5, 5.41) is 2.99. The molecule has 162 valence electrons. The average Bonchev–Trinajstić information content (AvgIpc) is 3.08. The van der Waals surface area contributed by atoms with Crippen molar-refractivity contribution in [1.82, 2.24) is 15.2 Å². The van der Waals surface area contributed by atoms with Crippen LogP contribution in [0.25, 0.3) is 6.08 Å². The monoisotopic (exact) mass is 418 g/mol. The second kappa shape index (κ2) is 9.77. The molecule has 1 fully saturated rings. The van der Waals surface area contributed by atoms with Crippen molar-refractivity contribution in [2.75, 3.05) is 18.0 Å². The fourth-order valence-corrected chi connectivity index (χ4v) is 4.37. The molecule has 4 rings (SSSR count). The Morgan fingerprint density at radius 3 is 2.55 bits per heavy atom. The topological polar surface area (TPSA) is 65.5 Å². The number of amides is 2. The van der Waals surface area contributed by atoms with Crippen LogP contribution in [-0.4, -0.2) is 34.8 Å². The van der Waals surface area contributed by atoms with Gasteiger partial charge in [-0.25, -0.2) is 4.98 Å². The zero-order valence-corrected chi connectivity index (χ0v) is 18.1. The van der Waals surface area contributed by atoms with Crippen molar-refractivity contribution in [3.63, 3.8) is 0 Å². The highest BCUT2D eigenvalue weighted by Gasteiger charge is 2.28. The highest BCUT2D eigenvalue weighted by molar-refractivity contribution is 5.81. The summed E-state index contributed by atoms with van der Waals surface area (Å²) in [5.74, 6) is 0.856. The van der Waals surface area contributed by atoms with Gasteiger partial charge in [0.15, 0.2) is 0 Å². The van der Waals surface area contributed by atoms with Gasteiger partial charge in [-0.15, -0.1) is 0 Å². The number of pyridine rings is 1. The van der Waals surface area contributed by atoms with Gasteiger partial charge in [0.25, 0.3) is 0 Å². The van der Waals surface area contributed by atoms with Gasteiger partial charge >= 0.3 is 0 Å². The summed E-state index contributed by atoms with van der Waals surface area (Å²) >= 11 is 0. The normalized spacial score (nSPS) is 18.3. The van der Waals surface area contributed by atoms with Crippen molar-refractivity contribution in [3.05, 3.63) is 65.5 Å². The summed E-state index contributed by atoms with van der Waals surface area (Å²) in [4.78, 5) is 33.4. The van der Waals surface area contributed by atoms with E-state index >= 15 is 0 Å². The zero-order chi connectivity index (χ0) is 21.6. The molecule has 2 aliphatic heterocycles. The molecule has 1 saturated heterocycles. The van der Waals surface area contributed by atoms with Crippen LogP contribution in [0.2, 0.25) is 0 Å². The van der Waals surface area contributed by atoms with E-state index in [9.17, 15) is 9.59 Å². The van der Waals surface area contributed by atoms with Crippen LogP contribution >= 0.6 is 0 Å². The molecule has 2 aliphatic rings. The van der Waals surface area contributed by atoms with E-state index in [1.165, 1.54) is 32.6 Å². The van der Waals surface area contributed by atoms with Crippen molar-refractivity contribution in [2.45, 2.75) is 51.6 Å². The van der Waals surface area contributed by atoms with Crippen molar-refractivity contribution in [3.8, 4) is 0 Å². The van der Waals surface area contributed by atoms with Gasteiger partial charge in [0.05, 0.1) is 12.5 Å². The first-order valence-corrected chi connectivity index (χ1v) is 11.1. The number of benzene rings is 1. The predicted octanol–water partition coefficient (Wildman–Crippen LogP) is 4.04. The molecule has 6 nitrogen and oxygen atoms in total. The first-order valence-electron chi connectivity index (χ1n) is 11.1. The number of rotatable bonds is 5. The zero-order valence-electron chi connectivity index (χ0n) is 18.1. The van der Waals surface area contributed by atoms with E-state index < -0.39 is 0 Å². The second-order valence-corrected chi connectivity index (χ2v) is 8.29. The Kier molecular flexibility index (Phi) is 6.65. The lowest BCUT2D eigenvalue weighted by atomic mass is 9.93. The molecule has 1 aromatic heterocycles. The molecule has 6 heteroatoms. The maximum atomic E-state index is 12.7. The average molecular weight is 419 g/mol. The molecule has 1 aromatic carbocycles. The lowest BCUT2D eigenvalue weighted by Crippen LogP contribution is -2.35. The molecule has 1 N–H and O–H groups in total. The molecular formula is C25H30N4O2. The Bertz CT molecular complexity index is 946. The summed E-state index contributed by atoms with van der Waals surface area (Å²) in [6.45, 7) is 4.08. The number of carbonyl (C=O) groups excluding carboxylic acids is 2. The Labute approximate surface area is 184 Å². The molecule has 0 saturated carbocycles. The number of hydrogen-bond donors (Lipinski definition) is 1. The smallest absolute Gasteiger partial charge is 0.223 e.